The third-order valence-electron chi connectivity index (χ3n) is 3.53. The van der Waals surface area contributed by atoms with Crippen LogP contribution in [0.1, 0.15) is 43.7 Å². The maximum Gasteiger partial charge on any atom is 0.257 e. The molecule has 0 aliphatic carbocycles. The quantitative estimate of drug-likeness (QED) is 0.785. The molecule has 0 spiro atoms. The molecule has 0 bridgehead atoms. The van der Waals surface area contributed by atoms with Gasteiger partial charge in [0.05, 0.1) is 24.4 Å². The first-order valence-electron chi connectivity index (χ1n) is 8.09. The Morgan fingerprint density at radius 3 is 2.67 bits per heavy atom. The minimum absolute atomic E-state index is 0.0313. The molecule has 5 nitrogen and oxygen atoms in total. The van der Waals surface area contributed by atoms with Crippen molar-refractivity contribution in [3.8, 4) is 0 Å². The molecule has 0 aliphatic heterocycles. The van der Waals surface area contributed by atoms with E-state index in [0.717, 1.165) is 16.3 Å². The van der Waals surface area contributed by atoms with Crippen LogP contribution in [0.5, 0.6) is 0 Å². The first-order chi connectivity index (χ1) is 11.4. The minimum atomic E-state index is -0.161. The maximum atomic E-state index is 12.7. The van der Waals surface area contributed by atoms with Crippen molar-refractivity contribution < 1.29 is 9.90 Å². The zero-order valence-corrected chi connectivity index (χ0v) is 15.5. The number of nitrogens with one attached hydrogen (secondary N) is 1. The van der Waals surface area contributed by atoms with E-state index in [1.165, 1.54) is 0 Å². The molecule has 1 aromatic heterocycles. The molecule has 130 valence electrons. The second-order valence-electron chi connectivity index (χ2n) is 6.49. The number of rotatable bonds is 6. The highest BCUT2D eigenvalue weighted by Crippen LogP contribution is 2.26. The second-order valence-corrected chi connectivity index (χ2v) is 7.80. The van der Waals surface area contributed by atoms with Gasteiger partial charge < -0.3 is 10.4 Å². The largest absolute Gasteiger partial charge is 0.394 e. The Bertz CT molecular complexity index is 705. The number of aliphatic hydroxyl groups excluding tert-OH is 1. The Morgan fingerprint density at radius 1 is 1.33 bits per heavy atom. The van der Waals surface area contributed by atoms with Gasteiger partial charge in [-0.2, -0.15) is 5.10 Å². The smallest absolute Gasteiger partial charge is 0.257 e. The molecular weight excluding hydrogens is 322 g/mol. The number of hydrogen-bond donors (Lipinski definition) is 2. The van der Waals surface area contributed by atoms with Gasteiger partial charge in [0.15, 0.2) is 0 Å². The number of anilines is 1. The van der Waals surface area contributed by atoms with Crippen molar-refractivity contribution >= 4 is 23.5 Å². The van der Waals surface area contributed by atoms with Gasteiger partial charge in [0, 0.05) is 16.4 Å². The number of hydrogen-bond acceptors (Lipinski definition) is 4. The van der Waals surface area contributed by atoms with Crippen molar-refractivity contribution in [2.75, 3.05) is 17.7 Å². The lowest BCUT2D eigenvalue weighted by Crippen LogP contribution is -2.17. The molecule has 0 radical (unpaired) electrons. The van der Waals surface area contributed by atoms with Gasteiger partial charge in [-0.15, -0.1) is 11.8 Å². The third-order valence-corrected chi connectivity index (χ3v) is 4.49. The molecule has 0 saturated heterocycles. The van der Waals surface area contributed by atoms with Crippen molar-refractivity contribution in [2.45, 2.75) is 44.6 Å². The van der Waals surface area contributed by atoms with E-state index in [-0.39, 0.29) is 17.9 Å². The Balaban J connectivity index is 2.30. The molecule has 0 aliphatic rings. The van der Waals surface area contributed by atoms with Gasteiger partial charge in [-0.05, 0) is 17.9 Å². The van der Waals surface area contributed by atoms with Gasteiger partial charge in [-0.1, -0.05) is 39.8 Å². The molecule has 0 fully saturated rings. The summed E-state index contributed by atoms with van der Waals surface area (Å²) in [5.74, 6) is 1.35. The molecule has 24 heavy (non-hydrogen) atoms. The molecule has 0 saturated carbocycles. The molecule has 2 rings (SSSR count). The van der Waals surface area contributed by atoms with E-state index in [2.05, 4.69) is 38.1 Å². The molecule has 0 atom stereocenters. The summed E-state index contributed by atoms with van der Waals surface area (Å²) in [5, 5.41) is 16.7. The van der Waals surface area contributed by atoms with Gasteiger partial charge in [0.2, 0.25) is 0 Å². The second kappa shape index (κ2) is 7.85. The fraction of sp³-hybridized carbons (Fsp3) is 0.444. The zero-order chi connectivity index (χ0) is 17.7. The standard InChI is InChI=1S/C18H25N3O2S/c1-5-24-14-9-7-6-8-13(14)17(23)19-16-12-15(18(2,3)4)20-21(16)10-11-22/h6-9,12,22H,5,10-11H2,1-4H3,(H,19,23). The highest BCUT2D eigenvalue weighted by Gasteiger charge is 2.21. The lowest BCUT2D eigenvalue weighted by Gasteiger charge is -2.13. The number of nitrogens with zero attached hydrogens (tertiary/aromatic N) is 2. The van der Waals surface area contributed by atoms with Gasteiger partial charge in [-0.25, -0.2) is 4.68 Å². The molecule has 2 aromatic rings. The van der Waals surface area contributed by atoms with Crippen LogP contribution in [-0.4, -0.2) is 33.2 Å². The Hall–Kier alpha value is -1.79. The van der Waals surface area contributed by atoms with Crippen molar-refractivity contribution in [3.63, 3.8) is 0 Å². The minimum Gasteiger partial charge on any atom is -0.394 e. The SMILES string of the molecule is CCSc1ccccc1C(=O)Nc1cc(C(C)(C)C)nn1CCO. The molecule has 1 heterocycles. The van der Waals surface area contributed by atoms with Crippen LogP contribution >= 0.6 is 11.8 Å². The molecule has 6 heteroatoms. The van der Waals surface area contributed by atoms with Crippen LogP contribution in [0, 0.1) is 0 Å². The normalized spacial score (nSPS) is 11.5. The fourth-order valence-electron chi connectivity index (χ4n) is 2.27. The summed E-state index contributed by atoms with van der Waals surface area (Å²) in [6, 6.07) is 9.45. The topological polar surface area (TPSA) is 67.2 Å². The molecule has 1 aromatic carbocycles. The molecular formula is C18H25N3O2S. The number of benzene rings is 1. The first kappa shape index (κ1) is 18.5. The molecule has 2 N–H and O–H groups in total. The Kier molecular flexibility index (Phi) is 6.07. The summed E-state index contributed by atoms with van der Waals surface area (Å²) in [4.78, 5) is 13.7. The fourth-order valence-corrected chi connectivity index (χ4v) is 3.07. The third kappa shape index (κ3) is 4.39. The highest BCUT2D eigenvalue weighted by atomic mass is 32.2. The van der Waals surface area contributed by atoms with Crippen LogP contribution in [0.4, 0.5) is 5.82 Å². The maximum absolute atomic E-state index is 12.7. The number of aromatic nitrogens is 2. The van der Waals surface area contributed by atoms with Gasteiger partial charge in [0.25, 0.3) is 5.91 Å². The summed E-state index contributed by atoms with van der Waals surface area (Å²) in [5.41, 5.74) is 1.40. The van der Waals surface area contributed by atoms with E-state index in [4.69, 9.17) is 0 Å². The van der Waals surface area contributed by atoms with Gasteiger partial charge in [0.1, 0.15) is 5.82 Å². The number of carbonyl (C=O) groups excluding carboxylic acids is 1. The van der Waals surface area contributed by atoms with Crippen molar-refractivity contribution in [1.29, 1.82) is 0 Å². The van der Waals surface area contributed by atoms with Crippen LogP contribution < -0.4 is 5.32 Å². The zero-order valence-electron chi connectivity index (χ0n) is 14.7. The molecule has 0 unspecified atom stereocenters. The van der Waals surface area contributed by atoms with Crippen LogP contribution in [0.2, 0.25) is 0 Å². The number of carbonyl (C=O) groups is 1. The van der Waals surface area contributed by atoms with Crippen molar-refractivity contribution in [2.24, 2.45) is 0 Å². The van der Waals surface area contributed by atoms with E-state index in [1.54, 1.807) is 16.4 Å². The van der Waals surface area contributed by atoms with Gasteiger partial charge in [-0.3, -0.25) is 4.79 Å². The van der Waals surface area contributed by atoms with E-state index in [9.17, 15) is 9.90 Å². The number of aliphatic hydroxyl groups is 1. The number of amides is 1. The average molecular weight is 347 g/mol. The average Bonchev–Trinajstić information content (AvgIpc) is 2.91. The highest BCUT2D eigenvalue weighted by molar-refractivity contribution is 7.99. The Labute approximate surface area is 147 Å². The van der Waals surface area contributed by atoms with Crippen LogP contribution in [0.3, 0.4) is 0 Å². The lowest BCUT2D eigenvalue weighted by atomic mass is 9.92. The summed E-state index contributed by atoms with van der Waals surface area (Å²) in [6.07, 6.45) is 0. The summed E-state index contributed by atoms with van der Waals surface area (Å²) in [7, 11) is 0. The van der Waals surface area contributed by atoms with E-state index < -0.39 is 0 Å². The van der Waals surface area contributed by atoms with Gasteiger partial charge >= 0.3 is 0 Å². The van der Waals surface area contributed by atoms with E-state index >= 15 is 0 Å². The summed E-state index contributed by atoms with van der Waals surface area (Å²) < 4.78 is 1.65. The van der Waals surface area contributed by atoms with Crippen molar-refractivity contribution in [3.05, 3.63) is 41.6 Å². The predicted molar refractivity (Wildman–Crippen MR) is 98.8 cm³/mol. The predicted octanol–water partition coefficient (Wildman–Crippen LogP) is 3.54. The molecule has 1 amide bonds. The van der Waals surface area contributed by atoms with E-state index in [1.807, 2.05) is 30.3 Å². The first-order valence-corrected chi connectivity index (χ1v) is 9.07. The van der Waals surface area contributed by atoms with Crippen molar-refractivity contribution in [1.82, 2.24) is 9.78 Å². The number of thioether (sulfide) groups is 1. The van der Waals surface area contributed by atoms with E-state index in [0.29, 0.717) is 17.9 Å². The monoisotopic (exact) mass is 347 g/mol. The lowest BCUT2D eigenvalue weighted by molar-refractivity contribution is 0.102. The summed E-state index contributed by atoms with van der Waals surface area (Å²) in [6.45, 7) is 8.57. The van der Waals surface area contributed by atoms with Crippen LogP contribution in [-0.2, 0) is 12.0 Å². The Morgan fingerprint density at radius 2 is 2.04 bits per heavy atom. The summed E-state index contributed by atoms with van der Waals surface area (Å²) >= 11 is 1.64. The van der Waals surface area contributed by atoms with Crippen LogP contribution in [0.15, 0.2) is 35.2 Å². The van der Waals surface area contributed by atoms with Crippen LogP contribution in [0.25, 0.3) is 0 Å².